The van der Waals surface area contributed by atoms with Gasteiger partial charge < -0.3 is 10.1 Å². The van der Waals surface area contributed by atoms with Crippen molar-refractivity contribution in [3.63, 3.8) is 0 Å². The summed E-state index contributed by atoms with van der Waals surface area (Å²) in [6.07, 6.45) is 1.41. The number of benzene rings is 2. The zero-order chi connectivity index (χ0) is 17.5. The highest BCUT2D eigenvalue weighted by atomic mass is 79.9. The largest absolute Gasteiger partial charge is 0.497 e. The van der Waals surface area contributed by atoms with Gasteiger partial charge in [-0.25, -0.2) is 0 Å². The Labute approximate surface area is 152 Å². The molecule has 24 heavy (non-hydrogen) atoms. The average Bonchev–Trinajstić information content (AvgIpc) is 2.57. The van der Waals surface area contributed by atoms with Crippen LogP contribution in [0, 0.1) is 0 Å². The van der Waals surface area contributed by atoms with E-state index in [1.165, 1.54) is 5.56 Å². The molecular weight excluding hydrogens is 366 g/mol. The van der Waals surface area contributed by atoms with Crippen LogP contribution in [-0.2, 0) is 4.79 Å². The number of halogens is 1. The molecular formula is C20H24BrNO2. The van der Waals surface area contributed by atoms with Crippen LogP contribution >= 0.6 is 15.9 Å². The van der Waals surface area contributed by atoms with Gasteiger partial charge in [0.25, 0.3) is 0 Å². The normalized spacial score (nSPS) is 13.2. The predicted molar refractivity (Wildman–Crippen MR) is 101 cm³/mol. The molecule has 0 heterocycles. The first-order valence-electron chi connectivity index (χ1n) is 8.24. The van der Waals surface area contributed by atoms with Gasteiger partial charge in [-0.1, -0.05) is 47.1 Å². The molecule has 1 amide bonds. The van der Waals surface area contributed by atoms with Gasteiger partial charge in [-0.05, 0) is 48.7 Å². The fourth-order valence-corrected chi connectivity index (χ4v) is 3.15. The monoisotopic (exact) mass is 389 g/mol. The quantitative estimate of drug-likeness (QED) is 0.731. The Kier molecular flexibility index (Phi) is 6.85. The second kappa shape index (κ2) is 8.88. The summed E-state index contributed by atoms with van der Waals surface area (Å²) in [5.74, 6) is 1.02. The number of amides is 1. The second-order valence-electron chi connectivity index (χ2n) is 5.91. The summed E-state index contributed by atoms with van der Waals surface area (Å²) in [7, 11) is 1.66. The van der Waals surface area contributed by atoms with Crippen LogP contribution in [0.4, 0.5) is 0 Å². The number of nitrogens with one attached hydrogen (secondary N) is 1. The number of hydrogen-bond acceptors (Lipinski definition) is 2. The fourth-order valence-electron chi connectivity index (χ4n) is 2.89. The molecule has 0 aliphatic carbocycles. The first-order chi connectivity index (χ1) is 11.5. The Morgan fingerprint density at radius 2 is 1.62 bits per heavy atom. The van der Waals surface area contributed by atoms with E-state index < -0.39 is 0 Å². The Bertz CT molecular complexity index is 652. The lowest BCUT2D eigenvalue weighted by Crippen LogP contribution is -2.37. The summed E-state index contributed by atoms with van der Waals surface area (Å²) >= 11 is 3.48. The molecule has 0 unspecified atom stereocenters. The lowest BCUT2D eigenvalue weighted by molar-refractivity contribution is -0.121. The highest BCUT2D eigenvalue weighted by Crippen LogP contribution is 2.30. The smallest absolute Gasteiger partial charge is 0.220 e. The maximum atomic E-state index is 12.0. The molecule has 0 saturated heterocycles. The third-order valence-corrected chi connectivity index (χ3v) is 4.60. The molecule has 0 aliphatic heterocycles. The molecule has 0 spiro atoms. The van der Waals surface area contributed by atoms with Crippen LogP contribution in [0.3, 0.4) is 0 Å². The van der Waals surface area contributed by atoms with Gasteiger partial charge in [0.05, 0.1) is 7.11 Å². The summed E-state index contributed by atoms with van der Waals surface area (Å²) in [5, 5.41) is 3.14. The summed E-state index contributed by atoms with van der Waals surface area (Å²) in [6.45, 7) is 4.07. The van der Waals surface area contributed by atoms with Crippen molar-refractivity contribution in [3.8, 4) is 5.75 Å². The number of methoxy groups -OCH3 is 1. The van der Waals surface area contributed by atoms with Crippen molar-refractivity contribution >= 4 is 21.8 Å². The molecule has 2 aromatic carbocycles. The lowest BCUT2D eigenvalue weighted by atomic mass is 9.85. The Balaban J connectivity index is 2.32. The van der Waals surface area contributed by atoms with Gasteiger partial charge in [0.2, 0.25) is 5.91 Å². The molecule has 128 valence electrons. The number of carbonyl (C=O) groups excluding carboxylic acids is 1. The molecule has 1 N–H and O–H groups in total. The van der Waals surface area contributed by atoms with E-state index in [2.05, 4.69) is 52.4 Å². The van der Waals surface area contributed by atoms with Crippen LogP contribution in [0.25, 0.3) is 0 Å². The molecule has 0 saturated carbocycles. The molecule has 4 heteroatoms. The van der Waals surface area contributed by atoms with E-state index in [0.717, 1.165) is 22.2 Å². The molecule has 0 bridgehead atoms. The Hall–Kier alpha value is -1.81. The van der Waals surface area contributed by atoms with Gasteiger partial charge >= 0.3 is 0 Å². The van der Waals surface area contributed by atoms with E-state index in [1.54, 1.807) is 7.11 Å². The van der Waals surface area contributed by atoms with E-state index in [4.69, 9.17) is 4.74 Å². The summed E-state index contributed by atoms with van der Waals surface area (Å²) < 4.78 is 6.30. The molecule has 0 fully saturated rings. The van der Waals surface area contributed by atoms with Crippen LogP contribution in [0.5, 0.6) is 5.75 Å². The summed E-state index contributed by atoms with van der Waals surface area (Å²) in [5.41, 5.74) is 2.33. The second-order valence-corrected chi connectivity index (χ2v) is 6.82. The zero-order valence-corrected chi connectivity index (χ0v) is 16.0. The molecule has 0 aromatic heterocycles. The van der Waals surface area contributed by atoms with Crippen molar-refractivity contribution in [2.75, 3.05) is 7.11 Å². The van der Waals surface area contributed by atoms with Gasteiger partial charge in [-0.15, -0.1) is 0 Å². The Morgan fingerprint density at radius 3 is 2.12 bits per heavy atom. The van der Waals surface area contributed by atoms with E-state index in [-0.39, 0.29) is 17.9 Å². The van der Waals surface area contributed by atoms with Gasteiger partial charge in [-0.2, -0.15) is 0 Å². The van der Waals surface area contributed by atoms with E-state index in [9.17, 15) is 4.79 Å². The maximum Gasteiger partial charge on any atom is 0.220 e. The molecule has 3 nitrogen and oxygen atoms in total. The van der Waals surface area contributed by atoms with Crippen molar-refractivity contribution in [1.29, 1.82) is 0 Å². The first-order valence-corrected chi connectivity index (χ1v) is 9.03. The van der Waals surface area contributed by atoms with Crippen LogP contribution < -0.4 is 10.1 Å². The van der Waals surface area contributed by atoms with Gasteiger partial charge in [0, 0.05) is 22.9 Å². The topological polar surface area (TPSA) is 38.3 Å². The van der Waals surface area contributed by atoms with Crippen molar-refractivity contribution in [2.45, 2.75) is 38.6 Å². The minimum absolute atomic E-state index is 0.00128. The van der Waals surface area contributed by atoms with E-state index in [0.29, 0.717) is 6.42 Å². The highest BCUT2D eigenvalue weighted by Gasteiger charge is 2.23. The van der Waals surface area contributed by atoms with Crippen molar-refractivity contribution in [1.82, 2.24) is 5.32 Å². The standard InChI is InChI=1S/C20H24BrNO2/c1-4-5-19(23)22-14(2)20(15-6-10-17(21)11-7-15)16-8-12-18(24-3)13-9-16/h6-14,20H,4-5H2,1-3H3,(H,22,23)/t14-,20-/m1/s1. The third kappa shape index (κ3) is 4.84. The Morgan fingerprint density at radius 1 is 1.08 bits per heavy atom. The predicted octanol–water partition coefficient (Wildman–Crippen LogP) is 4.89. The molecule has 2 atom stereocenters. The first kappa shape index (κ1) is 18.5. The van der Waals surface area contributed by atoms with Crippen LogP contribution in [0.15, 0.2) is 53.0 Å². The average molecular weight is 390 g/mol. The number of hydrogen-bond donors (Lipinski definition) is 1. The van der Waals surface area contributed by atoms with Gasteiger partial charge in [-0.3, -0.25) is 4.79 Å². The molecule has 2 rings (SSSR count). The summed E-state index contributed by atoms with van der Waals surface area (Å²) in [6, 6.07) is 16.3. The lowest BCUT2D eigenvalue weighted by Gasteiger charge is -2.26. The minimum Gasteiger partial charge on any atom is -0.497 e. The maximum absolute atomic E-state index is 12.0. The third-order valence-electron chi connectivity index (χ3n) is 4.07. The zero-order valence-electron chi connectivity index (χ0n) is 14.4. The molecule has 0 aliphatic rings. The van der Waals surface area contributed by atoms with Crippen molar-refractivity contribution in [2.24, 2.45) is 0 Å². The van der Waals surface area contributed by atoms with Gasteiger partial charge in [0.15, 0.2) is 0 Å². The summed E-state index contributed by atoms with van der Waals surface area (Å²) in [4.78, 5) is 12.0. The number of ether oxygens (including phenoxy) is 1. The van der Waals surface area contributed by atoms with Crippen LogP contribution in [0.1, 0.15) is 43.7 Å². The van der Waals surface area contributed by atoms with Crippen LogP contribution in [-0.4, -0.2) is 19.1 Å². The van der Waals surface area contributed by atoms with E-state index >= 15 is 0 Å². The minimum atomic E-state index is -0.00128. The number of rotatable bonds is 7. The molecule has 2 aromatic rings. The number of carbonyl (C=O) groups is 1. The fraction of sp³-hybridized carbons (Fsp3) is 0.350. The van der Waals surface area contributed by atoms with Crippen molar-refractivity contribution < 1.29 is 9.53 Å². The van der Waals surface area contributed by atoms with Crippen LogP contribution in [0.2, 0.25) is 0 Å². The highest BCUT2D eigenvalue weighted by molar-refractivity contribution is 9.10. The van der Waals surface area contributed by atoms with Gasteiger partial charge in [0.1, 0.15) is 5.75 Å². The van der Waals surface area contributed by atoms with E-state index in [1.807, 2.05) is 31.2 Å². The SMILES string of the molecule is CCCC(=O)N[C@H](C)[C@H](c1ccc(Br)cc1)c1ccc(OC)cc1. The van der Waals surface area contributed by atoms with Crippen molar-refractivity contribution in [3.05, 3.63) is 64.1 Å². The molecule has 0 radical (unpaired) electrons.